The fourth-order valence-electron chi connectivity index (χ4n) is 1.63. The van der Waals surface area contributed by atoms with E-state index in [4.69, 9.17) is 10.5 Å². The second-order valence-corrected chi connectivity index (χ2v) is 4.34. The highest BCUT2D eigenvalue weighted by atomic mass is 19.1. The van der Waals surface area contributed by atoms with E-state index < -0.39 is 35.8 Å². The Bertz CT molecular complexity index is 682. The highest BCUT2D eigenvalue weighted by molar-refractivity contribution is 5.95. The molecule has 22 heavy (non-hydrogen) atoms. The van der Waals surface area contributed by atoms with E-state index in [1.807, 2.05) is 5.32 Å². The maximum absolute atomic E-state index is 13.3. The van der Waals surface area contributed by atoms with Crippen molar-refractivity contribution in [3.63, 3.8) is 0 Å². The molecule has 5 nitrogen and oxygen atoms in total. The van der Waals surface area contributed by atoms with Crippen LogP contribution in [-0.2, 0) is 9.53 Å². The molecule has 2 rings (SSSR count). The summed E-state index contributed by atoms with van der Waals surface area (Å²) in [6.45, 7) is -0.670. The monoisotopic (exact) mass is 306 g/mol. The molecule has 0 aliphatic rings. The van der Waals surface area contributed by atoms with Gasteiger partial charge in [0.1, 0.15) is 17.3 Å². The lowest BCUT2D eigenvalue weighted by molar-refractivity contribution is -0.119. The summed E-state index contributed by atoms with van der Waals surface area (Å²) in [5.41, 5.74) is 5.57. The summed E-state index contributed by atoms with van der Waals surface area (Å²) in [7, 11) is 0. The fraction of sp³-hybridized carbons (Fsp3) is 0.0667. The summed E-state index contributed by atoms with van der Waals surface area (Å²) in [5, 5.41) is 2.01. The number of nitrogen functional groups attached to an aromatic ring is 1. The molecule has 0 radical (unpaired) electrons. The lowest BCUT2D eigenvalue weighted by Gasteiger charge is -2.08. The van der Waals surface area contributed by atoms with E-state index in [1.165, 1.54) is 30.3 Å². The lowest BCUT2D eigenvalue weighted by Crippen LogP contribution is -2.22. The number of rotatable bonds is 4. The Morgan fingerprint density at radius 1 is 1.05 bits per heavy atom. The first kappa shape index (κ1) is 15.4. The highest BCUT2D eigenvalue weighted by Gasteiger charge is 2.14. The van der Waals surface area contributed by atoms with Crippen molar-refractivity contribution in [3.8, 4) is 0 Å². The Kier molecular flexibility index (Phi) is 4.67. The van der Waals surface area contributed by atoms with Gasteiger partial charge in [-0.1, -0.05) is 6.07 Å². The average Bonchev–Trinajstić information content (AvgIpc) is 2.49. The largest absolute Gasteiger partial charge is 0.452 e. The van der Waals surface area contributed by atoms with Gasteiger partial charge in [0.15, 0.2) is 6.61 Å². The third-order valence-electron chi connectivity index (χ3n) is 2.71. The van der Waals surface area contributed by atoms with Gasteiger partial charge in [-0.3, -0.25) is 4.79 Å². The average molecular weight is 306 g/mol. The van der Waals surface area contributed by atoms with Crippen molar-refractivity contribution in [1.82, 2.24) is 0 Å². The Morgan fingerprint density at radius 3 is 2.23 bits per heavy atom. The number of carbonyl (C=O) groups is 2. The number of halogens is 2. The van der Waals surface area contributed by atoms with E-state index >= 15 is 0 Å². The molecule has 0 saturated heterocycles. The number of nitrogens with two attached hydrogens (primary N) is 1. The number of benzene rings is 2. The SMILES string of the molecule is Nc1ccc(C(=O)OCC(=O)Nc2c(F)cccc2F)cc1. The van der Waals surface area contributed by atoms with Crippen molar-refractivity contribution < 1.29 is 23.1 Å². The predicted molar refractivity (Wildman–Crippen MR) is 76.1 cm³/mol. The van der Waals surface area contributed by atoms with E-state index in [1.54, 1.807) is 0 Å². The quantitative estimate of drug-likeness (QED) is 0.671. The summed E-state index contributed by atoms with van der Waals surface area (Å²) in [4.78, 5) is 23.2. The number of esters is 1. The van der Waals surface area contributed by atoms with Crippen molar-refractivity contribution in [3.05, 3.63) is 59.7 Å². The van der Waals surface area contributed by atoms with Crippen molar-refractivity contribution >= 4 is 23.3 Å². The molecule has 2 aromatic carbocycles. The number of ether oxygens (including phenoxy) is 1. The number of hydrogen-bond donors (Lipinski definition) is 2. The van der Waals surface area contributed by atoms with Crippen molar-refractivity contribution in [2.24, 2.45) is 0 Å². The smallest absolute Gasteiger partial charge is 0.338 e. The van der Waals surface area contributed by atoms with Crippen LogP contribution in [0.5, 0.6) is 0 Å². The van der Waals surface area contributed by atoms with Gasteiger partial charge >= 0.3 is 5.97 Å². The predicted octanol–water partition coefficient (Wildman–Crippen LogP) is 2.34. The third-order valence-corrected chi connectivity index (χ3v) is 2.71. The Hall–Kier alpha value is -2.96. The maximum atomic E-state index is 13.3. The van der Waals surface area contributed by atoms with Crippen molar-refractivity contribution in [1.29, 1.82) is 0 Å². The molecule has 0 aliphatic carbocycles. The number of hydrogen-bond acceptors (Lipinski definition) is 4. The van der Waals surface area contributed by atoms with Gasteiger partial charge < -0.3 is 15.8 Å². The van der Waals surface area contributed by atoms with Gasteiger partial charge in [-0.15, -0.1) is 0 Å². The van der Waals surface area contributed by atoms with Gasteiger partial charge in [0.05, 0.1) is 5.56 Å². The Balaban J connectivity index is 1.93. The minimum atomic E-state index is -0.918. The summed E-state index contributed by atoms with van der Waals surface area (Å²) < 4.78 is 31.4. The molecule has 0 aliphatic heterocycles. The molecule has 0 unspecified atom stereocenters. The first-order valence-electron chi connectivity index (χ1n) is 6.24. The van der Waals surface area contributed by atoms with Crippen LogP contribution in [0.4, 0.5) is 20.2 Å². The molecule has 0 heterocycles. The van der Waals surface area contributed by atoms with Crippen LogP contribution >= 0.6 is 0 Å². The van der Waals surface area contributed by atoms with Gasteiger partial charge in [0, 0.05) is 5.69 Å². The van der Waals surface area contributed by atoms with E-state index in [-0.39, 0.29) is 5.56 Å². The van der Waals surface area contributed by atoms with Crippen LogP contribution in [0.25, 0.3) is 0 Å². The van der Waals surface area contributed by atoms with E-state index in [2.05, 4.69) is 0 Å². The molecule has 0 bridgehead atoms. The van der Waals surface area contributed by atoms with Crippen LogP contribution < -0.4 is 11.1 Å². The lowest BCUT2D eigenvalue weighted by atomic mass is 10.2. The van der Waals surface area contributed by atoms with Crippen LogP contribution in [-0.4, -0.2) is 18.5 Å². The first-order chi connectivity index (χ1) is 10.5. The number of carbonyl (C=O) groups excluding carboxylic acids is 2. The van der Waals surface area contributed by atoms with Crippen LogP contribution in [0.1, 0.15) is 10.4 Å². The van der Waals surface area contributed by atoms with Crippen molar-refractivity contribution in [2.75, 3.05) is 17.7 Å². The fourth-order valence-corrected chi connectivity index (χ4v) is 1.63. The molecular formula is C15H12F2N2O3. The minimum Gasteiger partial charge on any atom is -0.452 e. The zero-order valence-corrected chi connectivity index (χ0v) is 11.3. The van der Waals surface area contributed by atoms with Crippen LogP contribution in [0, 0.1) is 11.6 Å². The van der Waals surface area contributed by atoms with Crippen LogP contribution in [0.15, 0.2) is 42.5 Å². The van der Waals surface area contributed by atoms with Gasteiger partial charge in [-0.2, -0.15) is 0 Å². The maximum Gasteiger partial charge on any atom is 0.338 e. The second-order valence-electron chi connectivity index (χ2n) is 4.34. The number of nitrogens with one attached hydrogen (secondary N) is 1. The summed E-state index contributed by atoms with van der Waals surface area (Å²) >= 11 is 0. The van der Waals surface area contributed by atoms with E-state index in [0.29, 0.717) is 5.69 Å². The zero-order chi connectivity index (χ0) is 16.1. The second kappa shape index (κ2) is 6.66. The molecule has 0 fully saturated rings. The highest BCUT2D eigenvalue weighted by Crippen LogP contribution is 2.17. The Morgan fingerprint density at radius 2 is 1.64 bits per heavy atom. The molecule has 0 spiro atoms. The van der Waals surface area contributed by atoms with Gasteiger partial charge in [-0.25, -0.2) is 13.6 Å². The first-order valence-corrected chi connectivity index (χ1v) is 6.24. The summed E-state index contributed by atoms with van der Waals surface area (Å²) in [6, 6.07) is 9.05. The number of para-hydroxylation sites is 1. The van der Waals surface area contributed by atoms with Crippen molar-refractivity contribution in [2.45, 2.75) is 0 Å². The molecule has 7 heteroatoms. The zero-order valence-electron chi connectivity index (χ0n) is 11.3. The third kappa shape index (κ3) is 3.78. The van der Waals surface area contributed by atoms with Gasteiger partial charge in [0.25, 0.3) is 5.91 Å². The molecular weight excluding hydrogens is 294 g/mol. The van der Waals surface area contributed by atoms with E-state index in [9.17, 15) is 18.4 Å². The molecule has 0 aromatic heterocycles. The molecule has 114 valence electrons. The molecule has 2 aromatic rings. The number of amides is 1. The standard InChI is InChI=1S/C15H12F2N2O3/c16-11-2-1-3-12(17)14(11)19-13(20)8-22-15(21)9-4-6-10(18)7-5-9/h1-7H,8,18H2,(H,19,20). The van der Waals surface area contributed by atoms with Gasteiger partial charge in [0.2, 0.25) is 0 Å². The minimum absolute atomic E-state index is 0.207. The van der Waals surface area contributed by atoms with Gasteiger partial charge in [-0.05, 0) is 36.4 Å². The van der Waals surface area contributed by atoms with Crippen LogP contribution in [0.3, 0.4) is 0 Å². The topological polar surface area (TPSA) is 81.4 Å². The number of anilines is 2. The molecule has 0 atom stereocenters. The summed E-state index contributed by atoms with van der Waals surface area (Å²) in [6.07, 6.45) is 0. The van der Waals surface area contributed by atoms with Crippen LogP contribution in [0.2, 0.25) is 0 Å². The molecule has 0 saturated carbocycles. The van der Waals surface area contributed by atoms with E-state index in [0.717, 1.165) is 12.1 Å². The normalized spacial score (nSPS) is 10.1. The molecule has 3 N–H and O–H groups in total. The summed E-state index contributed by atoms with van der Waals surface area (Å²) in [5.74, 6) is -3.44. The molecule has 1 amide bonds. The Labute approximate surface area is 124 Å².